The number of nitrogens with one attached hydrogen (secondary N) is 1. The first-order valence-corrected chi connectivity index (χ1v) is 13.1. The zero-order chi connectivity index (χ0) is 23.8. The molecule has 0 aliphatic carbocycles. The second kappa shape index (κ2) is 11.7. The summed E-state index contributed by atoms with van der Waals surface area (Å²) in [6.07, 6.45) is 0.762. The Balaban J connectivity index is 1.59. The number of halogens is 1. The summed E-state index contributed by atoms with van der Waals surface area (Å²) >= 11 is 3.65. The summed E-state index contributed by atoms with van der Waals surface area (Å²) in [5.74, 6) is 1.41. The molecule has 0 atom stereocenters. The van der Waals surface area contributed by atoms with E-state index in [1.165, 1.54) is 17.7 Å². The van der Waals surface area contributed by atoms with Gasteiger partial charge >= 0.3 is 0 Å². The van der Waals surface area contributed by atoms with Crippen molar-refractivity contribution < 1.29 is 17.9 Å². The number of ether oxygens (including phenoxy) is 2. The number of sulfonamides is 1. The third-order valence-electron chi connectivity index (χ3n) is 5.05. The van der Waals surface area contributed by atoms with E-state index in [0.717, 1.165) is 34.1 Å². The Labute approximate surface area is 204 Å². The summed E-state index contributed by atoms with van der Waals surface area (Å²) in [7, 11) is -3.66. The van der Waals surface area contributed by atoms with Crippen LogP contribution in [0.1, 0.15) is 29.2 Å². The molecule has 3 N–H and O–H groups in total. The molecule has 33 heavy (non-hydrogen) atoms. The molecular formula is C25H29BrN2O4S. The van der Waals surface area contributed by atoms with Crippen LogP contribution in [0.15, 0.2) is 70.0 Å². The van der Waals surface area contributed by atoms with Crippen LogP contribution in [-0.4, -0.2) is 21.6 Å². The number of nitrogens with two attached hydrogens (primary N) is 1. The van der Waals surface area contributed by atoms with Crippen LogP contribution in [0.2, 0.25) is 0 Å². The molecule has 0 spiro atoms. The lowest BCUT2D eigenvalue weighted by Crippen LogP contribution is -2.17. The average Bonchev–Trinajstić information content (AvgIpc) is 2.77. The van der Waals surface area contributed by atoms with Gasteiger partial charge in [-0.1, -0.05) is 57.9 Å². The van der Waals surface area contributed by atoms with Crippen molar-refractivity contribution in [2.75, 3.05) is 13.2 Å². The number of hydrogen-bond donors (Lipinski definition) is 2. The summed E-state index contributed by atoms with van der Waals surface area (Å²) in [6.45, 7) is 6.41. The Morgan fingerprint density at radius 2 is 1.70 bits per heavy atom. The summed E-state index contributed by atoms with van der Waals surface area (Å²) in [5.41, 5.74) is 4.40. The third-order valence-corrected chi connectivity index (χ3v) is 6.71. The van der Waals surface area contributed by atoms with Crippen LogP contribution in [0.5, 0.6) is 11.5 Å². The Kier molecular flexibility index (Phi) is 8.91. The maximum atomic E-state index is 11.4. The lowest BCUT2D eigenvalue weighted by atomic mass is 10.1. The molecule has 0 radical (unpaired) electrons. The van der Waals surface area contributed by atoms with Gasteiger partial charge in [0.2, 0.25) is 10.0 Å². The molecule has 0 saturated carbocycles. The lowest BCUT2D eigenvalue weighted by Gasteiger charge is -2.16. The van der Waals surface area contributed by atoms with Crippen molar-refractivity contribution in [3.63, 3.8) is 0 Å². The van der Waals surface area contributed by atoms with Gasteiger partial charge in [0.25, 0.3) is 0 Å². The van der Waals surface area contributed by atoms with Crippen LogP contribution in [0, 0.1) is 6.92 Å². The SMILES string of the molecule is CCOc1cc(CNCCc2ccc(S(N)(=O)=O)cc2)c(Br)cc1OCc1cccc(C)c1. The van der Waals surface area contributed by atoms with Crippen LogP contribution in [0.4, 0.5) is 0 Å². The van der Waals surface area contributed by atoms with E-state index in [1.54, 1.807) is 12.1 Å². The Bertz CT molecular complexity index is 1180. The molecule has 6 nitrogen and oxygen atoms in total. The predicted octanol–water partition coefficient (Wildman–Crippen LogP) is 4.71. The Morgan fingerprint density at radius 3 is 2.36 bits per heavy atom. The predicted molar refractivity (Wildman–Crippen MR) is 134 cm³/mol. The summed E-state index contributed by atoms with van der Waals surface area (Å²) in [5, 5.41) is 8.56. The Hall–Kier alpha value is -2.39. The van der Waals surface area contributed by atoms with Crippen molar-refractivity contribution in [1.29, 1.82) is 0 Å². The van der Waals surface area contributed by atoms with Gasteiger partial charge in [0, 0.05) is 11.0 Å². The zero-order valence-corrected chi connectivity index (χ0v) is 21.2. The molecule has 0 unspecified atom stereocenters. The molecule has 0 saturated heterocycles. The molecule has 0 fully saturated rings. The van der Waals surface area contributed by atoms with Crippen LogP contribution < -0.4 is 19.9 Å². The average molecular weight is 533 g/mol. The van der Waals surface area contributed by atoms with Crippen molar-refractivity contribution >= 4 is 26.0 Å². The number of primary sulfonamides is 1. The van der Waals surface area contributed by atoms with Crippen molar-refractivity contribution in [1.82, 2.24) is 5.32 Å². The first-order valence-electron chi connectivity index (χ1n) is 10.7. The standard InChI is InChI=1S/C25H29BrN2O4S/c1-3-31-24-14-21(16-28-12-11-19-7-9-22(10-8-19)33(27,29)30)23(26)15-25(24)32-17-20-6-4-5-18(2)13-20/h4-10,13-15,28H,3,11-12,16-17H2,1-2H3,(H2,27,29,30). The second-order valence-corrected chi connectivity index (χ2v) is 10.1. The van der Waals surface area contributed by atoms with Crippen LogP contribution in [0.25, 0.3) is 0 Å². The minimum absolute atomic E-state index is 0.122. The van der Waals surface area contributed by atoms with E-state index >= 15 is 0 Å². The van der Waals surface area contributed by atoms with Gasteiger partial charge in [0.15, 0.2) is 11.5 Å². The molecular weight excluding hydrogens is 504 g/mol. The minimum Gasteiger partial charge on any atom is -0.490 e. The highest BCUT2D eigenvalue weighted by atomic mass is 79.9. The summed E-state index contributed by atoms with van der Waals surface area (Å²) in [4.78, 5) is 0.122. The van der Waals surface area contributed by atoms with Gasteiger partial charge in [0.05, 0.1) is 11.5 Å². The van der Waals surface area contributed by atoms with Gasteiger partial charge in [0.1, 0.15) is 6.61 Å². The van der Waals surface area contributed by atoms with E-state index in [2.05, 4.69) is 40.3 Å². The van der Waals surface area contributed by atoms with Crippen molar-refractivity contribution in [3.05, 3.63) is 87.4 Å². The van der Waals surface area contributed by atoms with E-state index < -0.39 is 10.0 Å². The molecule has 0 heterocycles. The van der Waals surface area contributed by atoms with E-state index in [9.17, 15) is 8.42 Å². The fourth-order valence-electron chi connectivity index (χ4n) is 3.36. The zero-order valence-electron chi connectivity index (χ0n) is 18.8. The quantitative estimate of drug-likeness (QED) is 0.349. The molecule has 0 amide bonds. The maximum Gasteiger partial charge on any atom is 0.238 e. The smallest absolute Gasteiger partial charge is 0.238 e. The normalized spacial score (nSPS) is 11.4. The second-order valence-electron chi connectivity index (χ2n) is 7.72. The fourth-order valence-corrected chi connectivity index (χ4v) is 4.34. The number of benzene rings is 3. The molecule has 8 heteroatoms. The van der Waals surface area contributed by atoms with Gasteiger partial charge in [-0.15, -0.1) is 0 Å². The van der Waals surface area contributed by atoms with Crippen LogP contribution in [0.3, 0.4) is 0 Å². The van der Waals surface area contributed by atoms with Crippen molar-refractivity contribution in [3.8, 4) is 11.5 Å². The van der Waals surface area contributed by atoms with Gasteiger partial charge < -0.3 is 14.8 Å². The molecule has 0 aliphatic heterocycles. The highest BCUT2D eigenvalue weighted by Gasteiger charge is 2.12. The highest BCUT2D eigenvalue weighted by molar-refractivity contribution is 9.10. The van der Waals surface area contributed by atoms with E-state index in [1.807, 2.05) is 31.2 Å². The molecule has 0 aromatic heterocycles. The number of rotatable bonds is 11. The maximum absolute atomic E-state index is 11.4. The molecule has 0 aliphatic rings. The molecule has 3 aromatic rings. The van der Waals surface area contributed by atoms with Crippen molar-refractivity contribution in [2.24, 2.45) is 5.14 Å². The van der Waals surface area contributed by atoms with Crippen LogP contribution in [-0.2, 0) is 29.6 Å². The van der Waals surface area contributed by atoms with Gasteiger partial charge in [-0.3, -0.25) is 0 Å². The Morgan fingerprint density at radius 1 is 0.970 bits per heavy atom. The molecule has 0 bridgehead atoms. The van der Waals surface area contributed by atoms with E-state index in [0.29, 0.717) is 31.3 Å². The monoisotopic (exact) mass is 532 g/mol. The summed E-state index contributed by atoms with van der Waals surface area (Å²) < 4.78 is 35.5. The third kappa shape index (κ3) is 7.57. The van der Waals surface area contributed by atoms with Gasteiger partial charge in [-0.05, 0) is 67.8 Å². The fraction of sp³-hybridized carbons (Fsp3) is 0.280. The number of hydrogen-bond acceptors (Lipinski definition) is 5. The molecule has 3 rings (SSSR count). The summed E-state index contributed by atoms with van der Waals surface area (Å²) in [6, 6.07) is 18.8. The van der Waals surface area contributed by atoms with Gasteiger partial charge in [-0.2, -0.15) is 0 Å². The van der Waals surface area contributed by atoms with Gasteiger partial charge in [-0.25, -0.2) is 13.6 Å². The molecule has 3 aromatic carbocycles. The first-order chi connectivity index (χ1) is 15.8. The highest BCUT2D eigenvalue weighted by Crippen LogP contribution is 2.34. The lowest BCUT2D eigenvalue weighted by molar-refractivity contribution is 0.269. The van der Waals surface area contributed by atoms with Crippen LogP contribution >= 0.6 is 15.9 Å². The molecule has 176 valence electrons. The number of aryl methyl sites for hydroxylation is 1. The largest absolute Gasteiger partial charge is 0.490 e. The van der Waals surface area contributed by atoms with Crippen molar-refractivity contribution in [2.45, 2.75) is 38.3 Å². The van der Waals surface area contributed by atoms with E-state index in [-0.39, 0.29) is 4.90 Å². The van der Waals surface area contributed by atoms with E-state index in [4.69, 9.17) is 14.6 Å². The first kappa shape index (κ1) is 25.2. The minimum atomic E-state index is -3.66. The topological polar surface area (TPSA) is 90.6 Å².